The topological polar surface area (TPSA) is 134 Å². The Labute approximate surface area is 169 Å². The zero-order chi connectivity index (χ0) is 21.6. The molecule has 29 heavy (non-hydrogen) atoms. The molecule has 2 rings (SSSR count). The fourth-order valence-corrected chi connectivity index (χ4v) is 2.51. The molecule has 2 aromatic rings. The van der Waals surface area contributed by atoms with Crippen molar-refractivity contribution >= 4 is 23.5 Å². The Morgan fingerprint density at radius 3 is 2.28 bits per heavy atom. The van der Waals surface area contributed by atoms with Crippen molar-refractivity contribution in [2.24, 2.45) is 5.84 Å². The predicted octanol–water partition coefficient (Wildman–Crippen LogP) is 2.31. The molecule has 0 atom stereocenters. The summed E-state index contributed by atoms with van der Waals surface area (Å²) >= 11 is 0. The van der Waals surface area contributed by atoms with E-state index in [1.807, 2.05) is 11.5 Å². The first kappa shape index (κ1) is 21.9. The fourth-order valence-electron chi connectivity index (χ4n) is 2.51. The number of nitrogens with two attached hydrogens (primary N) is 2. The minimum Gasteiger partial charge on any atom is -0.460 e. The van der Waals surface area contributed by atoms with E-state index in [1.54, 1.807) is 57.2 Å². The van der Waals surface area contributed by atoms with Gasteiger partial charge in [-0.3, -0.25) is 15.0 Å². The van der Waals surface area contributed by atoms with Crippen LogP contribution in [0.3, 0.4) is 0 Å². The van der Waals surface area contributed by atoms with Crippen molar-refractivity contribution in [1.29, 1.82) is 0 Å². The van der Waals surface area contributed by atoms with Crippen LogP contribution in [0.2, 0.25) is 0 Å². The van der Waals surface area contributed by atoms with Crippen LogP contribution in [0.1, 0.15) is 43.1 Å². The number of benzene rings is 2. The molecule has 0 radical (unpaired) electrons. The summed E-state index contributed by atoms with van der Waals surface area (Å²) in [6.07, 6.45) is -0.442. The van der Waals surface area contributed by atoms with Gasteiger partial charge in [-0.1, -0.05) is 36.4 Å². The number of rotatable bonds is 6. The smallest absolute Gasteiger partial charge is 0.340 e. The number of carbonyl (C=O) groups is 3. The minimum atomic E-state index is -0.675. The fraction of sp³-hybridized carbons (Fsp3) is 0.286. The number of hydrogen-bond acceptors (Lipinski definition) is 7. The third kappa shape index (κ3) is 6.32. The third-order valence-electron chi connectivity index (χ3n) is 3.86. The predicted molar refractivity (Wildman–Crippen MR) is 108 cm³/mol. The van der Waals surface area contributed by atoms with Crippen LogP contribution in [0.15, 0.2) is 42.5 Å². The summed E-state index contributed by atoms with van der Waals surface area (Å²) in [6, 6.07) is 12.3. The Hall–Kier alpha value is -3.39. The SMILES string of the molecule is CC(C)(C)OC(=O)c1cccc(-c2ccc(COC(=O)CC(=O)NN)cc2)c1N. The average Bonchev–Trinajstić information content (AvgIpc) is 2.65. The monoisotopic (exact) mass is 399 g/mol. The van der Waals surface area contributed by atoms with Crippen LogP contribution in [-0.2, 0) is 25.7 Å². The first-order valence-corrected chi connectivity index (χ1v) is 8.97. The van der Waals surface area contributed by atoms with E-state index < -0.39 is 29.9 Å². The first-order valence-electron chi connectivity index (χ1n) is 8.97. The number of amides is 1. The van der Waals surface area contributed by atoms with Gasteiger partial charge in [0.2, 0.25) is 5.91 Å². The second-order valence-corrected chi connectivity index (χ2v) is 7.37. The van der Waals surface area contributed by atoms with Crippen molar-refractivity contribution in [3.8, 4) is 11.1 Å². The molecule has 0 bridgehead atoms. The third-order valence-corrected chi connectivity index (χ3v) is 3.86. The van der Waals surface area contributed by atoms with Gasteiger partial charge in [0.05, 0.1) is 11.3 Å². The van der Waals surface area contributed by atoms with Crippen molar-refractivity contribution in [1.82, 2.24) is 5.43 Å². The molecule has 0 saturated heterocycles. The number of hydrogen-bond donors (Lipinski definition) is 3. The molecule has 5 N–H and O–H groups in total. The van der Waals surface area contributed by atoms with Crippen LogP contribution in [-0.4, -0.2) is 23.4 Å². The summed E-state index contributed by atoms with van der Waals surface area (Å²) in [6.45, 7) is 5.39. The Kier molecular flexibility index (Phi) is 6.95. The van der Waals surface area contributed by atoms with Gasteiger partial charge in [-0.15, -0.1) is 0 Å². The van der Waals surface area contributed by atoms with E-state index >= 15 is 0 Å². The maximum atomic E-state index is 12.4. The van der Waals surface area contributed by atoms with Gasteiger partial charge in [-0.2, -0.15) is 0 Å². The van der Waals surface area contributed by atoms with Crippen molar-refractivity contribution < 1.29 is 23.9 Å². The number of carbonyl (C=O) groups excluding carboxylic acids is 3. The summed E-state index contributed by atoms with van der Waals surface area (Å²) in [4.78, 5) is 34.9. The number of anilines is 1. The van der Waals surface area contributed by atoms with Gasteiger partial charge >= 0.3 is 11.9 Å². The van der Waals surface area contributed by atoms with Gasteiger partial charge < -0.3 is 15.2 Å². The van der Waals surface area contributed by atoms with Crippen LogP contribution >= 0.6 is 0 Å². The molecule has 0 saturated carbocycles. The molecular formula is C21H25N3O5. The highest BCUT2D eigenvalue weighted by atomic mass is 16.6. The van der Waals surface area contributed by atoms with Gasteiger partial charge in [0, 0.05) is 5.56 Å². The lowest BCUT2D eigenvalue weighted by atomic mass is 9.99. The highest BCUT2D eigenvalue weighted by molar-refractivity contribution is 5.99. The van der Waals surface area contributed by atoms with Gasteiger partial charge in [0.25, 0.3) is 0 Å². The summed E-state index contributed by atoms with van der Waals surface area (Å²) in [5, 5.41) is 0. The van der Waals surface area contributed by atoms with E-state index in [0.29, 0.717) is 16.8 Å². The Morgan fingerprint density at radius 1 is 1.03 bits per heavy atom. The van der Waals surface area contributed by atoms with Gasteiger partial charge in [-0.25, -0.2) is 10.6 Å². The molecule has 0 heterocycles. The maximum absolute atomic E-state index is 12.4. The van der Waals surface area contributed by atoms with E-state index in [4.69, 9.17) is 21.1 Å². The maximum Gasteiger partial charge on any atom is 0.340 e. The molecule has 0 aliphatic rings. The van der Waals surface area contributed by atoms with Crippen LogP contribution < -0.4 is 17.0 Å². The number of esters is 2. The van der Waals surface area contributed by atoms with Gasteiger partial charge in [0.15, 0.2) is 0 Å². The average molecular weight is 399 g/mol. The largest absolute Gasteiger partial charge is 0.460 e. The molecule has 0 aromatic heterocycles. The second-order valence-electron chi connectivity index (χ2n) is 7.37. The van der Waals surface area contributed by atoms with Crippen LogP contribution in [0, 0.1) is 0 Å². The van der Waals surface area contributed by atoms with E-state index in [1.165, 1.54) is 0 Å². The molecule has 8 nitrogen and oxygen atoms in total. The normalized spacial score (nSPS) is 10.9. The second kappa shape index (κ2) is 9.20. The van der Waals surface area contributed by atoms with Crippen molar-refractivity contribution in [2.75, 3.05) is 5.73 Å². The van der Waals surface area contributed by atoms with Crippen LogP contribution in [0.4, 0.5) is 5.69 Å². The lowest BCUT2D eigenvalue weighted by molar-refractivity contribution is -0.147. The van der Waals surface area contributed by atoms with E-state index in [2.05, 4.69) is 0 Å². The number of nitrogen functional groups attached to an aromatic ring is 1. The summed E-state index contributed by atoms with van der Waals surface area (Å²) < 4.78 is 10.4. The molecule has 0 unspecified atom stereocenters. The number of ether oxygens (including phenoxy) is 2. The number of nitrogens with one attached hydrogen (secondary N) is 1. The van der Waals surface area contributed by atoms with Crippen LogP contribution in [0.5, 0.6) is 0 Å². The van der Waals surface area contributed by atoms with E-state index in [0.717, 1.165) is 11.1 Å². The molecule has 0 fully saturated rings. The van der Waals surface area contributed by atoms with Crippen molar-refractivity contribution in [2.45, 2.75) is 39.4 Å². The standard InChI is InChI=1S/C21H25N3O5/c1-21(2,3)29-20(27)16-6-4-5-15(19(16)22)14-9-7-13(8-10-14)12-28-18(26)11-17(25)24-23/h4-10H,11-12,22-23H2,1-3H3,(H,24,25). The lowest BCUT2D eigenvalue weighted by Crippen LogP contribution is -2.32. The lowest BCUT2D eigenvalue weighted by Gasteiger charge is -2.20. The van der Waals surface area contributed by atoms with E-state index in [9.17, 15) is 14.4 Å². The Balaban J connectivity index is 2.12. The Bertz CT molecular complexity index is 902. The van der Waals surface area contributed by atoms with Gasteiger partial charge in [0.1, 0.15) is 18.6 Å². The molecule has 0 aliphatic carbocycles. The molecule has 0 aliphatic heterocycles. The minimum absolute atomic E-state index is 0.0182. The quantitative estimate of drug-likeness (QED) is 0.169. The summed E-state index contributed by atoms with van der Waals surface area (Å²) in [7, 11) is 0. The number of para-hydroxylation sites is 1. The molecule has 2 aromatic carbocycles. The molecule has 1 amide bonds. The molecule has 154 valence electrons. The number of hydrazine groups is 1. The van der Waals surface area contributed by atoms with E-state index in [-0.39, 0.29) is 6.61 Å². The summed E-state index contributed by atoms with van der Waals surface area (Å²) in [5.41, 5.74) is 10.3. The Morgan fingerprint density at radius 2 is 1.69 bits per heavy atom. The van der Waals surface area contributed by atoms with Crippen molar-refractivity contribution in [3.05, 3.63) is 53.6 Å². The highest BCUT2D eigenvalue weighted by Gasteiger charge is 2.21. The van der Waals surface area contributed by atoms with Crippen molar-refractivity contribution in [3.63, 3.8) is 0 Å². The van der Waals surface area contributed by atoms with Gasteiger partial charge in [-0.05, 0) is 38.0 Å². The molecular weight excluding hydrogens is 374 g/mol. The zero-order valence-corrected chi connectivity index (χ0v) is 16.7. The first-order chi connectivity index (χ1) is 13.6. The highest BCUT2D eigenvalue weighted by Crippen LogP contribution is 2.30. The molecule has 0 spiro atoms. The van der Waals surface area contributed by atoms with Crippen LogP contribution in [0.25, 0.3) is 11.1 Å². The molecule has 8 heteroatoms. The zero-order valence-electron chi connectivity index (χ0n) is 16.7. The summed E-state index contributed by atoms with van der Waals surface area (Å²) in [5.74, 6) is 3.15.